The summed E-state index contributed by atoms with van der Waals surface area (Å²) >= 11 is 0. The molecule has 0 bridgehead atoms. The number of esters is 1. The Morgan fingerprint density at radius 1 is 1.89 bits per heavy atom. The normalized spacial score (nSPS) is 12.2. The van der Waals surface area contributed by atoms with Gasteiger partial charge in [-0.25, -0.2) is 0 Å². The van der Waals surface area contributed by atoms with Crippen LogP contribution in [-0.4, -0.2) is 24.9 Å². The summed E-state index contributed by atoms with van der Waals surface area (Å²) in [6, 6.07) is -0.686. The zero-order chi connectivity index (χ0) is 7.28. The molecule has 0 unspecified atom stereocenters. The van der Waals surface area contributed by atoms with Crippen LogP contribution in [0.15, 0.2) is 0 Å². The monoisotopic (exact) mass is 131 g/mol. The molecule has 0 aliphatic rings. The highest BCUT2D eigenvalue weighted by Gasteiger charge is 2.00. The van der Waals surface area contributed by atoms with E-state index in [2.05, 4.69) is 4.74 Å². The Kier molecular flexibility index (Phi) is 3.62. The van der Waals surface area contributed by atoms with E-state index in [0.29, 0.717) is 6.29 Å². The third-order valence-corrected chi connectivity index (χ3v) is 0.654. The van der Waals surface area contributed by atoms with E-state index in [1.54, 1.807) is 0 Å². The molecule has 0 heterocycles. The van der Waals surface area contributed by atoms with Gasteiger partial charge in [0.2, 0.25) is 0 Å². The van der Waals surface area contributed by atoms with E-state index >= 15 is 0 Å². The molecule has 0 aliphatic carbocycles. The van der Waals surface area contributed by atoms with Crippen LogP contribution in [-0.2, 0) is 14.3 Å². The summed E-state index contributed by atoms with van der Waals surface area (Å²) < 4.78 is 4.40. The highest BCUT2D eigenvalue weighted by molar-refractivity contribution is 5.66. The fraction of sp³-hybridized carbons (Fsp3) is 0.600. The number of nitrogens with two attached hydrogens (primary N) is 1. The highest BCUT2D eigenvalue weighted by Crippen LogP contribution is 1.77. The van der Waals surface area contributed by atoms with Gasteiger partial charge in [0.05, 0.1) is 6.04 Å². The summed E-state index contributed by atoms with van der Waals surface area (Å²) in [6.07, 6.45) is 0.531. The maximum Gasteiger partial charge on any atom is 0.302 e. The topological polar surface area (TPSA) is 69.4 Å². The van der Waals surface area contributed by atoms with E-state index in [-0.39, 0.29) is 6.61 Å². The SMILES string of the molecule is CC(=O)OC[C@H](N)C=O. The van der Waals surface area contributed by atoms with Gasteiger partial charge < -0.3 is 15.3 Å². The smallest absolute Gasteiger partial charge is 0.302 e. The van der Waals surface area contributed by atoms with Crippen LogP contribution in [0.1, 0.15) is 6.92 Å². The number of aldehydes is 1. The molecule has 0 rings (SSSR count). The van der Waals surface area contributed by atoms with E-state index in [9.17, 15) is 9.59 Å². The van der Waals surface area contributed by atoms with Crippen molar-refractivity contribution in [1.29, 1.82) is 0 Å². The first-order chi connectivity index (χ1) is 4.16. The lowest BCUT2D eigenvalue weighted by Gasteiger charge is -2.01. The first-order valence-electron chi connectivity index (χ1n) is 2.51. The molecular weight excluding hydrogens is 122 g/mol. The second-order valence-corrected chi connectivity index (χ2v) is 1.60. The van der Waals surface area contributed by atoms with Crippen LogP contribution in [0.4, 0.5) is 0 Å². The molecule has 0 saturated carbocycles. The maximum atomic E-state index is 10.1. The molecule has 0 aromatic carbocycles. The Morgan fingerprint density at radius 3 is 2.78 bits per heavy atom. The minimum absolute atomic E-state index is 0.0289. The number of rotatable bonds is 3. The largest absolute Gasteiger partial charge is 0.464 e. The van der Waals surface area contributed by atoms with Crippen LogP contribution in [0.2, 0.25) is 0 Å². The Morgan fingerprint density at radius 2 is 2.44 bits per heavy atom. The molecule has 1 atom stereocenters. The summed E-state index contributed by atoms with van der Waals surface area (Å²) in [6.45, 7) is 1.23. The van der Waals surface area contributed by atoms with Crippen LogP contribution in [0, 0.1) is 0 Å². The van der Waals surface area contributed by atoms with E-state index in [4.69, 9.17) is 5.73 Å². The van der Waals surface area contributed by atoms with Crippen molar-refractivity contribution >= 4 is 12.3 Å². The lowest BCUT2D eigenvalue weighted by atomic mass is 10.4. The molecule has 0 amide bonds. The fourth-order valence-corrected chi connectivity index (χ4v) is 0.253. The molecule has 0 spiro atoms. The van der Waals surface area contributed by atoms with Crippen LogP contribution < -0.4 is 5.73 Å². The van der Waals surface area contributed by atoms with Crippen molar-refractivity contribution in [2.45, 2.75) is 13.0 Å². The van der Waals surface area contributed by atoms with Crippen LogP contribution in [0.25, 0.3) is 0 Å². The first-order valence-corrected chi connectivity index (χ1v) is 2.51. The Balaban J connectivity index is 3.26. The van der Waals surface area contributed by atoms with Crippen LogP contribution in [0.3, 0.4) is 0 Å². The molecule has 0 saturated heterocycles. The molecule has 0 aromatic heterocycles. The van der Waals surface area contributed by atoms with Crippen LogP contribution in [0.5, 0.6) is 0 Å². The van der Waals surface area contributed by atoms with E-state index in [0.717, 1.165) is 0 Å². The van der Waals surface area contributed by atoms with Crippen LogP contribution >= 0.6 is 0 Å². The van der Waals surface area contributed by atoms with Gasteiger partial charge in [-0.15, -0.1) is 0 Å². The zero-order valence-electron chi connectivity index (χ0n) is 5.16. The molecule has 4 nitrogen and oxygen atoms in total. The van der Waals surface area contributed by atoms with Crippen molar-refractivity contribution in [3.8, 4) is 0 Å². The van der Waals surface area contributed by atoms with Crippen molar-refractivity contribution in [1.82, 2.24) is 0 Å². The van der Waals surface area contributed by atoms with Gasteiger partial charge in [-0.1, -0.05) is 0 Å². The molecule has 4 heteroatoms. The van der Waals surface area contributed by atoms with Gasteiger partial charge in [0, 0.05) is 6.92 Å². The maximum absolute atomic E-state index is 10.1. The molecule has 0 aliphatic heterocycles. The number of ether oxygens (including phenoxy) is 1. The van der Waals surface area contributed by atoms with Crippen molar-refractivity contribution < 1.29 is 14.3 Å². The van der Waals surface area contributed by atoms with E-state index < -0.39 is 12.0 Å². The second-order valence-electron chi connectivity index (χ2n) is 1.60. The third-order valence-electron chi connectivity index (χ3n) is 0.654. The average molecular weight is 131 g/mol. The minimum atomic E-state index is -0.686. The fourth-order valence-electron chi connectivity index (χ4n) is 0.253. The van der Waals surface area contributed by atoms with Crippen molar-refractivity contribution in [3.63, 3.8) is 0 Å². The number of hydrogen-bond acceptors (Lipinski definition) is 4. The minimum Gasteiger partial charge on any atom is -0.464 e. The van der Waals surface area contributed by atoms with Gasteiger partial charge >= 0.3 is 5.97 Å². The molecule has 2 N–H and O–H groups in total. The molecule has 52 valence electrons. The van der Waals surface area contributed by atoms with E-state index in [1.165, 1.54) is 6.92 Å². The number of carbonyl (C=O) groups is 2. The average Bonchev–Trinajstić information content (AvgIpc) is 1.83. The summed E-state index contributed by atoms with van der Waals surface area (Å²) in [4.78, 5) is 19.9. The van der Waals surface area contributed by atoms with Gasteiger partial charge in [0.1, 0.15) is 12.9 Å². The van der Waals surface area contributed by atoms with Crippen molar-refractivity contribution in [3.05, 3.63) is 0 Å². The highest BCUT2D eigenvalue weighted by atomic mass is 16.5. The van der Waals surface area contributed by atoms with Gasteiger partial charge in [-0.05, 0) is 0 Å². The molecule has 0 fully saturated rings. The molecule has 0 radical (unpaired) electrons. The van der Waals surface area contributed by atoms with Crippen molar-refractivity contribution in [2.75, 3.05) is 6.61 Å². The molecular formula is C5H9NO3. The summed E-state index contributed by atoms with van der Waals surface area (Å²) in [5.41, 5.74) is 5.08. The van der Waals surface area contributed by atoms with Gasteiger partial charge in [0.25, 0.3) is 0 Å². The summed E-state index contributed by atoms with van der Waals surface area (Å²) in [5.74, 6) is -0.424. The number of carbonyl (C=O) groups excluding carboxylic acids is 2. The lowest BCUT2D eigenvalue weighted by Crippen LogP contribution is -2.28. The third kappa shape index (κ3) is 4.96. The Bertz CT molecular complexity index is 113. The quantitative estimate of drug-likeness (QED) is 0.397. The first kappa shape index (κ1) is 8.10. The Labute approximate surface area is 53.0 Å². The molecule has 9 heavy (non-hydrogen) atoms. The summed E-state index contributed by atoms with van der Waals surface area (Å²) in [5, 5.41) is 0. The predicted molar refractivity (Wildman–Crippen MR) is 30.7 cm³/mol. The van der Waals surface area contributed by atoms with Crippen molar-refractivity contribution in [2.24, 2.45) is 5.73 Å². The summed E-state index contributed by atoms with van der Waals surface area (Å²) in [7, 11) is 0. The second kappa shape index (κ2) is 4.03. The van der Waals surface area contributed by atoms with Gasteiger partial charge in [-0.3, -0.25) is 4.79 Å². The lowest BCUT2D eigenvalue weighted by molar-refractivity contribution is -0.141. The number of hydrogen-bond donors (Lipinski definition) is 1. The Hall–Kier alpha value is -0.900. The predicted octanol–water partition coefficient (Wildman–Crippen LogP) is -0.924. The molecule has 0 aromatic rings. The standard InChI is InChI=1S/C5H9NO3/c1-4(8)9-3-5(6)2-7/h2,5H,3,6H2,1H3/t5-/m1/s1. The van der Waals surface area contributed by atoms with Gasteiger partial charge in [-0.2, -0.15) is 0 Å². The zero-order valence-corrected chi connectivity index (χ0v) is 5.16. The van der Waals surface area contributed by atoms with Gasteiger partial charge in [0.15, 0.2) is 0 Å². The van der Waals surface area contributed by atoms with E-state index in [1.807, 2.05) is 0 Å².